The van der Waals surface area contributed by atoms with Gasteiger partial charge in [-0.3, -0.25) is 23.9 Å². The Bertz CT molecular complexity index is 2030. The molecule has 42 heavy (non-hydrogen) atoms. The van der Waals surface area contributed by atoms with E-state index in [4.69, 9.17) is 10.3 Å². The molecule has 0 radical (unpaired) electrons. The summed E-state index contributed by atoms with van der Waals surface area (Å²) >= 11 is 0. The second-order valence-corrected chi connectivity index (χ2v) is 10.6. The molecule has 1 aliphatic rings. The molecule has 0 spiro atoms. The smallest absolute Gasteiger partial charge is 0.290 e. The topological polar surface area (TPSA) is 147 Å². The first kappa shape index (κ1) is 26.9. The summed E-state index contributed by atoms with van der Waals surface area (Å²) < 4.78 is 24.7. The van der Waals surface area contributed by atoms with E-state index in [2.05, 4.69) is 10.3 Å². The van der Waals surface area contributed by atoms with Gasteiger partial charge in [0, 0.05) is 24.0 Å². The predicted octanol–water partition coefficient (Wildman–Crippen LogP) is 3.62. The number of carbonyl (C=O) groups is 2. The second kappa shape index (κ2) is 9.68. The molecule has 11 nitrogen and oxygen atoms in total. The van der Waals surface area contributed by atoms with Crippen LogP contribution >= 0.6 is 0 Å². The summed E-state index contributed by atoms with van der Waals surface area (Å²) in [5.74, 6) is -0.838. The van der Waals surface area contributed by atoms with Crippen molar-refractivity contribution in [2.45, 2.75) is 38.9 Å². The van der Waals surface area contributed by atoms with Gasteiger partial charge in [0.15, 0.2) is 5.69 Å². The van der Waals surface area contributed by atoms with Crippen LogP contribution in [0.25, 0.3) is 27.7 Å². The zero-order valence-electron chi connectivity index (χ0n) is 23.1. The molecule has 2 amide bonds. The molecule has 3 N–H and O–H groups in total. The van der Waals surface area contributed by atoms with E-state index in [0.717, 1.165) is 4.74 Å². The number of hydrogen-bond donors (Lipinski definition) is 2. The number of halogens is 1. The van der Waals surface area contributed by atoms with E-state index in [9.17, 15) is 19.2 Å². The summed E-state index contributed by atoms with van der Waals surface area (Å²) in [6.07, 6.45) is 0.646. The standard InChI is InChI=1S/C30H27FN6O5/c1-16-13-22-25(24(33-16)27(39)34-20-6-4-5-19(14-20)26(32)38)36(15-30(31)11-12-30)37(28(22)40)21-9-7-18(8-10-21)23-17(2)42-35(3)29(23)41/h4-10,13-14H,11-12,15H2,1-3H3,(H2,32,38)(H,34,39). The van der Waals surface area contributed by atoms with Crippen molar-refractivity contribution in [3.8, 4) is 16.8 Å². The monoisotopic (exact) mass is 570 g/mol. The molecule has 6 rings (SSSR count). The van der Waals surface area contributed by atoms with E-state index in [1.54, 1.807) is 56.3 Å². The van der Waals surface area contributed by atoms with Crippen molar-refractivity contribution in [3.05, 3.63) is 98.0 Å². The highest BCUT2D eigenvalue weighted by Crippen LogP contribution is 2.42. The Morgan fingerprint density at radius 2 is 1.79 bits per heavy atom. The van der Waals surface area contributed by atoms with Crippen LogP contribution < -0.4 is 22.2 Å². The Balaban J connectivity index is 1.50. The highest BCUT2D eigenvalue weighted by molar-refractivity contribution is 6.11. The number of anilines is 1. The van der Waals surface area contributed by atoms with Gasteiger partial charge in [0.1, 0.15) is 16.9 Å². The molecule has 0 bridgehead atoms. The van der Waals surface area contributed by atoms with Gasteiger partial charge in [-0.15, -0.1) is 0 Å². The molecule has 1 saturated carbocycles. The number of carbonyl (C=O) groups excluding carboxylic acids is 2. The summed E-state index contributed by atoms with van der Waals surface area (Å²) in [6.45, 7) is 3.18. The number of benzene rings is 2. The number of hydrogen-bond acceptors (Lipinski definition) is 6. The van der Waals surface area contributed by atoms with Crippen molar-refractivity contribution >= 4 is 28.4 Å². The maximum absolute atomic E-state index is 15.3. The molecule has 214 valence electrons. The van der Waals surface area contributed by atoms with Crippen LogP contribution in [0.4, 0.5) is 10.1 Å². The maximum Gasteiger partial charge on any atom is 0.290 e. The molecule has 12 heteroatoms. The third-order valence-corrected chi connectivity index (χ3v) is 7.42. The van der Waals surface area contributed by atoms with E-state index < -0.39 is 23.0 Å². The largest absolute Gasteiger partial charge is 0.381 e. The van der Waals surface area contributed by atoms with Crippen molar-refractivity contribution in [3.63, 3.8) is 0 Å². The Kier molecular flexibility index (Phi) is 6.21. The first-order valence-electron chi connectivity index (χ1n) is 13.3. The number of rotatable bonds is 7. The van der Waals surface area contributed by atoms with E-state index in [1.165, 1.54) is 28.5 Å². The lowest BCUT2D eigenvalue weighted by atomic mass is 10.1. The molecule has 0 atom stereocenters. The summed E-state index contributed by atoms with van der Waals surface area (Å²) in [5.41, 5.74) is 5.56. The molecular formula is C30H27FN6O5. The SMILES string of the molecule is Cc1cc2c(=O)n(-c3ccc(-c4c(C)on(C)c4=O)cc3)n(CC3(F)CC3)c2c(C(=O)Nc2cccc(C(N)=O)c2)n1. The molecular weight excluding hydrogens is 543 g/mol. The molecule has 0 unspecified atom stereocenters. The lowest BCUT2D eigenvalue weighted by molar-refractivity contribution is 0.0995. The van der Waals surface area contributed by atoms with Crippen LogP contribution in [-0.2, 0) is 13.6 Å². The number of fused-ring (bicyclic) bond motifs is 1. The third-order valence-electron chi connectivity index (χ3n) is 7.42. The average Bonchev–Trinajstić information content (AvgIpc) is 3.54. The fourth-order valence-corrected chi connectivity index (χ4v) is 5.18. The minimum atomic E-state index is -1.53. The Hall–Kier alpha value is -5.26. The number of nitrogens with one attached hydrogen (secondary N) is 1. The molecule has 1 fully saturated rings. The van der Waals surface area contributed by atoms with Crippen LogP contribution in [0.2, 0.25) is 0 Å². The van der Waals surface area contributed by atoms with Gasteiger partial charge in [-0.25, -0.2) is 14.1 Å². The van der Waals surface area contributed by atoms with Gasteiger partial charge in [-0.1, -0.05) is 18.2 Å². The lowest BCUT2D eigenvalue weighted by Crippen LogP contribution is -2.26. The van der Waals surface area contributed by atoms with E-state index in [0.29, 0.717) is 46.8 Å². The summed E-state index contributed by atoms with van der Waals surface area (Å²) in [6, 6.07) is 14.4. The summed E-state index contributed by atoms with van der Waals surface area (Å²) in [7, 11) is 1.52. The van der Waals surface area contributed by atoms with Crippen LogP contribution in [0.5, 0.6) is 0 Å². The number of primary amides is 1. The predicted molar refractivity (Wildman–Crippen MR) is 154 cm³/mol. The van der Waals surface area contributed by atoms with Crippen molar-refractivity contribution in [2.24, 2.45) is 12.8 Å². The highest BCUT2D eigenvalue weighted by atomic mass is 19.1. The first-order valence-corrected chi connectivity index (χ1v) is 13.3. The van der Waals surface area contributed by atoms with Gasteiger partial charge in [0.2, 0.25) is 5.91 Å². The highest BCUT2D eigenvalue weighted by Gasteiger charge is 2.45. The number of nitrogens with two attached hydrogens (primary N) is 1. The molecule has 3 heterocycles. The Morgan fingerprint density at radius 1 is 1.07 bits per heavy atom. The van der Waals surface area contributed by atoms with Gasteiger partial charge >= 0.3 is 0 Å². The van der Waals surface area contributed by atoms with E-state index in [1.807, 2.05) is 0 Å². The number of aryl methyl sites for hydroxylation is 3. The summed E-state index contributed by atoms with van der Waals surface area (Å²) in [4.78, 5) is 56.1. The molecule has 0 aliphatic heterocycles. The average molecular weight is 571 g/mol. The van der Waals surface area contributed by atoms with Crippen LogP contribution in [-0.4, -0.2) is 36.6 Å². The molecule has 2 aromatic carbocycles. The van der Waals surface area contributed by atoms with Crippen molar-refractivity contribution < 1.29 is 18.5 Å². The number of amides is 2. The maximum atomic E-state index is 15.3. The van der Waals surface area contributed by atoms with Crippen molar-refractivity contribution in [2.75, 3.05) is 5.32 Å². The molecule has 1 aliphatic carbocycles. The number of pyridine rings is 1. The van der Waals surface area contributed by atoms with Crippen molar-refractivity contribution in [1.29, 1.82) is 0 Å². The minimum absolute atomic E-state index is 0.0660. The van der Waals surface area contributed by atoms with Gasteiger partial charge in [-0.2, -0.15) is 4.74 Å². The normalized spacial score (nSPS) is 13.8. The lowest BCUT2D eigenvalue weighted by Gasteiger charge is -2.16. The van der Waals surface area contributed by atoms with Gasteiger partial charge in [0.25, 0.3) is 17.0 Å². The van der Waals surface area contributed by atoms with Gasteiger partial charge in [0.05, 0.1) is 23.2 Å². The second-order valence-electron chi connectivity index (χ2n) is 10.6. The molecule has 5 aromatic rings. The fraction of sp³-hybridized carbons (Fsp3) is 0.233. The van der Waals surface area contributed by atoms with Gasteiger partial charge in [-0.05, 0) is 68.7 Å². The van der Waals surface area contributed by atoms with Crippen molar-refractivity contribution in [1.82, 2.24) is 19.1 Å². The minimum Gasteiger partial charge on any atom is -0.381 e. The van der Waals surface area contributed by atoms with Crippen LogP contribution in [0.1, 0.15) is 45.1 Å². The zero-order chi connectivity index (χ0) is 29.9. The molecule has 0 saturated heterocycles. The Morgan fingerprint density at radius 3 is 2.40 bits per heavy atom. The van der Waals surface area contributed by atoms with E-state index >= 15 is 4.39 Å². The van der Waals surface area contributed by atoms with E-state index in [-0.39, 0.29) is 34.3 Å². The Labute approximate surface area is 237 Å². The number of aromatic nitrogens is 4. The number of alkyl halides is 1. The quantitative estimate of drug-likeness (QED) is 0.306. The fourth-order valence-electron chi connectivity index (χ4n) is 5.18. The summed E-state index contributed by atoms with van der Waals surface area (Å²) in [5, 5.41) is 2.92. The number of nitrogens with zero attached hydrogens (tertiary/aromatic N) is 4. The van der Waals surface area contributed by atoms with Crippen LogP contribution in [0.15, 0.2) is 68.7 Å². The van der Waals surface area contributed by atoms with Gasteiger partial charge < -0.3 is 15.6 Å². The first-order chi connectivity index (χ1) is 20.0. The van der Waals surface area contributed by atoms with Crippen LogP contribution in [0, 0.1) is 13.8 Å². The van der Waals surface area contributed by atoms with Crippen LogP contribution in [0.3, 0.4) is 0 Å². The molecule has 3 aromatic heterocycles. The third kappa shape index (κ3) is 4.60. The zero-order valence-corrected chi connectivity index (χ0v) is 23.1.